The molecule has 0 radical (unpaired) electrons. The molecule has 21 heavy (non-hydrogen) atoms. The van der Waals surface area contributed by atoms with Gasteiger partial charge in [0.1, 0.15) is 5.75 Å². The fourth-order valence-electron chi connectivity index (χ4n) is 2.34. The second kappa shape index (κ2) is 6.22. The van der Waals surface area contributed by atoms with Gasteiger partial charge in [-0.2, -0.15) is 0 Å². The van der Waals surface area contributed by atoms with E-state index < -0.39 is 17.2 Å². The van der Waals surface area contributed by atoms with Crippen molar-refractivity contribution in [3.63, 3.8) is 0 Å². The summed E-state index contributed by atoms with van der Waals surface area (Å²) in [5, 5.41) is 10.4. The summed E-state index contributed by atoms with van der Waals surface area (Å²) in [5.74, 6) is -1.06. The van der Waals surface area contributed by atoms with Gasteiger partial charge in [-0.25, -0.2) is 8.78 Å². The number of methoxy groups -OCH3 is 1. The van der Waals surface area contributed by atoms with Gasteiger partial charge in [0.25, 0.3) is 0 Å². The van der Waals surface area contributed by atoms with Crippen molar-refractivity contribution in [2.75, 3.05) is 7.11 Å². The van der Waals surface area contributed by atoms with Crippen LogP contribution < -0.4 is 4.74 Å². The first kappa shape index (κ1) is 15.4. The highest BCUT2D eigenvalue weighted by Gasteiger charge is 2.24. The quantitative estimate of drug-likeness (QED) is 0.914. The van der Waals surface area contributed by atoms with Gasteiger partial charge < -0.3 is 9.84 Å². The van der Waals surface area contributed by atoms with Crippen molar-refractivity contribution in [3.05, 3.63) is 65.2 Å². The number of rotatable bonds is 5. The Morgan fingerprint density at radius 1 is 1.05 bits per heavy atom. The van der Waals surface area contributed by atoms with Gasteiger partial charge in [0.05, 0.1) is 12.7 Å². The smallest absolute Gasteiger partial charge is 0.162 e. The Hall–Kier alpha value is -1.94. The highest BCUT2D eigenvalue weighted by Crippen LogP contribution is 2.23. The zero-order valence-corrected chi connectivity index (χ0v) is 12.1. The minimum absolute atomic E-state index is 0.0443. The molecule has 0 saturated heterocycles. The number of hydrogen-bond donors (Lipinski definition) is 1. The van der Waals surface area contributed by atoms with E-state index in [0.717, 1.165) is 17.4 Å². The number of aliphatic hydroxyl groups is 1. The molecule has 0 aliphatic heterocycles. The molecule has 1 atom stereocenters. The van der Waals surface area contributed by atoms with Crippen LogP contribution >= 0.6 is 0 Å². The topological polar surface area (TPSA) is 29.5 Å². The third kappa shape index (κ3) is 4.02. The fourth-order valence-corrected chi connectivity index (χ4v) is 2.34. The Labute approximate surface area is 123 Å². The van der Waals surface area contributed by atoms with Crippen molar-refractivity contribution >= 4 is 0 Å². The van der Waals surface area contributed by atoms with Crippen LogP contribution in [0, 0.1) is 11.6 Å². The van der Waals surface area contributed by atoms with E-state index in [1.807, 2.05) is 12.1 Å². The SMILES string of the molecule is COc1ccc(CC(C)(O)Cc2cccc(F)c2F)cc1. The molecule has 2 aromatic rings. The Morgan fingerprint density at radius 2 is 1.71 bits per heavy atom. The van der Waals surface area contributed by atoms with Crippen LogP contribution in [0.4, 0.5) is 8.78 Å². The van der Waals surface area contributed by atoms with Crippen LogP contribution in [0.2, 0.25) is 0 Å². The maximum atomic E-state index is 13.7. The lowest BCUT2D eigenvalue weighted by molar-refractivity contribution is 0.0597. The molecule has 4 heteroatoms. The molecular formula is C17H18F2O2. The molecule has 2 aromatic carbocycles. The second-order valence-corrected chi connectivity index (χ2v) is 5.41. The maximum Gasteiger partial charge on any atom is 0.162 e. The van der Waals surface area contributed by atoms with Crippen molar-refractivity contribution in [2.24, 2.45) is 0 Å². The summed E-state index contributed by atoms with van der Waals surface area (Å²) in [6.45, 7) is 1.61. The third-order valence-electron chi connectivity index (χ3n) is 3.35. The minimum atomic E-state index is -1.16. The van der Waals surface area contributed by atoms with E-state index in [4.69, 9.17) is 4.74 Å². The Balaban J connectivity index is 2.12. The summed E-state index contributed by atoms with van der Waals surface area (Å²) >= 11 is 0. The predicted octanol–water partition coefficient (Wildman–Crippen LogP) is 3.51. The first-order valence-corrected chi connectivity index (χ1v) is 6.69. The van der Waals surface area contributed by atoms with Gasteiger partial charge in [0, 0.05) is 12.8 Å². The van der Waals surface area contributed by atoms with Crippen LogP contribution in [0.15, 0.2) is 42.5 Å². The summed E-state index contributed by atoms with van der Waals surface area (Å²) in [6, 6.07) is 11.3. The Bertz CT molecular complexity index is 607. The highest BCUT2D eigenvalue weighted by atomic mass is 19.2. The Kier molecular flexibility index (Phi) is 4.58. The summed E-state index contributed by atoms with van der Waals surface area (Å²) in [6.07, 6.45) is 0.384. The van der Waals surface area contributed by atoms with E-state index >= 15 is 0 Å². The molecule has 0 heterocycles. The molecule has 0 amide bonds. The van der Waals surface area contributed by atoms with Gasteiger partial charge >= 0.3 is 0 Å². The van der Waals surface area contributed by atoms with Crippen LogP contribution in [0.25, 0.3) is 0 Å². The van der Waals surface area contributed by atoms with E-state index in [0.29, 0.717) is 6.42 Å². The van der Waals surface area contributed by atoms with Gasteiger partial charge in [-0.1, -0.05) is 24.3 Å². The molecule has 0 saturated carbocycles. The van der Waals surface area contributed by atoms with Crippen LogP contribution in [-0.2, 0) is 12.8 Å². The van der Waals surface area contributed by atoms with Gasteiger partial charge in [-0.15, -0.1) is 0 Å². The molecule has 0 spiro atoms. The monoisotopic (exact) mass is 292 g/mol. The van der Waals surface area contributed by atoms with Crippen molar-refractivity contribution in [1.82, 2.24) is 0 Å². The van der Waals surface area contributed by atoms with Gasteiger partial charge in [0.15, 0.2) is 11.6 Å². The molecule has 2 rings (SSSR count). The summed E-state index contributed by atoms with van der Waals surface area (Å²) < 4.78 is 31.9. The first-order valence-electron chi connectivity index (χ1n) is 6.69. The number of hydrogen-bond acceptors (Lipinski definition) is 2. The van der Waals surface area contributed by atoms with E-state index in [1.165, 1.54) is 12.1 Å². The molecular weight excluding hydrogens is 274 g/mol. The predicted molar refractivity (Wildman–Crippen MR) is 77.4 cm³/mol. The van der Waals surface area contributed by atoms with Crippen LogP contribution in [0.1, 0.15) is 18.1 Å². The van der Waals surface area contributed by atoms with Gasteiger partial charge in [0.2, 0.25) is 0 Å². The standard InChI is InChI=1S/C17H18F2O2/c1-17(20,10-12-6-8-14(21-2)9-7-12)11-13-4-3-5-15(18)16(13)19/h3-9,20H,10-11H2,1-2H3. The van der Waals surface area contributed by atoms with Gasteiger partial charge in [-0.3, -0.25) is 0 Å². The highest BCUT2D eigenvalue weighted by molar-refractivity contribution is 5.29. The molecule has 0 aliphatic carbocycles. The molecule has 0 bridgehead atoms. The van der Waals surface area contributed by atoms with Gasteiger partial charge in [-0.05, 0) is 36.2 Å². The molecule has 112 valence electrons. The summed E-state index contributed by atoms with van der Waals surface area (Å²) in [7, 11) is 1.58. The lowest BCUT2D eigenvalue weighted by Gasteiger charge is -2.24. The van der Waals surface area contributed by atoms with E-state index in [1.54, 1.807) is 26.2 Å². The van der Waals surface area contributed by atoms with Crippen molar-refractivity contribution in [1.29, 1.82) is 0 Å². The van der Waals surface area contributed by atoms with Crippen LogP contribution in [-0.4, -0.2) is 17.8 Å². The second-order valence-electron chi connectivity index (χ2n) is 5.41. The minimum Gasteiger partial charge on any atom is -0.497 e. The lowest BCUT2D eigenvalue weighted by atomic mass is 9.89. The average molecular weight is 292 g/mol. The molecule has 0 fully saturated rings. The maximum absolute atomic E-state index is 13.7. The molecule has 1 N–H and O–H groups in total. The number of halogens is 2. The van der Waals surface area contributed by atoms with Crippen molar-refractivity contribution in [3.8, 4) is 5.75 Å². The van der Waals surface area contributed by atoms with E-state index in [9.17, 15) is 13.9 Å². The largest absolute Gasteiger partial charge is 0.497 e. The molecule has 1 unspecified atom stereocenters. The zero-order chi connectivity index (χ0) is 15.5. The van der Waals surface area contributed by atoms with Crippen LogP contribution in [0.3, 0.4) is 0 Å². The first-order chi connectivity index (χ1) is 9.91. The average Bonchev–Trinajstić information content (AvgIpc) is 2.44. The summed E-state index contributed by atoms with van der Waals surface area (Å²) in [4.78, 5) is 0. The van der Waals surface area contributed by atoms with Crippen LogP contribution in [0.5, 0.6) is 5.75 Å². The zero-order valence-electron chi connectivity index (χ0n) is 12.1. The number of benzene rings is 2. The van der Waals surface area contributed by atoms with Crippen molar-refractivity contribution in [2.45, 2.75) is 25.4 Å². The molecule has 0 aliphatic rings. The Morgan fingerprint density at radius 3 is 2.33 bits per heavy atom. The molecule has 0 aromatic heterocycles. The summed E-state index contributed by atoms with van der Waals surface area (Å²) in [5.41, 5.74) is -0.0884. The normalized spacial score (nSPS) is 13.8. The van der Waals surface area contributed by atoms with E-state index in [2.05, 4.69) is 0 Å². The fraction of sp³-hybridized carbons (Fsp3) is 0.294. The lowest BCUT2D eigenvalue weighted by Crippen LogP contribution is -2.30. The number of ether oxygens (including phenoxy) is 1. The van der Waals surface area contributed by atoms with Crippen molar-refractivity contribution < 1.29 is 18.6 Å². The molecule has 2 nitrogen and oxygen atoms in total. The third-order valence-corrected chi connectivity index (χ3v) is 3.35. The van der Waals surface area contributed by atoms with E-state index in [-0.39, 0.29) is 12.0 Å².